The molecule has 1 heterocycles. The van der Waals surface area contributed by atoms with Gasteiger partial charge in [-0.1, -0.05) is 35.3 Å². The van der Waals surface area contributed by atoms with Gasteiger partial charge in [0.15, 0.2) is 0 Å². The standard InChI is InChI=1S/C9H4Cl2FNO2S/c10-9(11,12)16-13-6-4-2-1-3-5(6)7(14)8(13)15/h1-4H. The average molecular weight is 280 g/mol. The van der Waals surface area contributed by atoms with E-state index in [9.17, 15) is 14.0 Å². The molecule has 1 amide bonds. The van der Waals surface area contributed by atoms with Gasteiger partial charge >= 0.3 is 9.83 Å². The first-order valence-corrected chi connectivity index (χ1v) is 5.67. The maximum Gasteiger partial charge on any atom is 0.324 e. The molecular formula is C9H4Cl2FNO2S. The summed E-state index contributed by atoms with van der Waals surface area (Å²) in [6, 6.07) is 6.24. The van der Waals surface area contributed by atoms with E-state index in [2.05, 4.69) is 0 Å². The number of carbonyl (C=O) groups excluding carboxylic acids is 2. The fraction of sp³-hybridized carbons (Fsp3) is 0.111. The highest BCUT2D eigenvalue weighted by Crippen LogP contribution is 2.44. The number of para-hydroxylation sites is 1. The molecule has 0 radical (unpaired) electrons. The van der Waals surface area contributed by atoms with Gasteiger partial charge in [0.2, 0.25) is 0 Å². The summed E-state index contributed by atoms with van der Waals surface area (Å²) in [6.45, 7) is 0. The number of halogens is 3. The van der Waals surface area contributed by atoms with E-state index < -0.39 is 15.6 Å². The number of rotatable bonds is 2. The van der Waals surface area contributed by atoms with E-state index in [0.717, 1.165) is 4.31 Å². The second-order valence-electron chi connectivity index (χ2n) is 2.98. The summed E-state index contributed by atoms with van der Waals surface area (Å²) in [5.74, 6) is -1.55. The van der Waals surface area contributed by atoms with Crippen LogP contribution in [0.15, 0.2) is 24.3 Å². The van der Waals surface area contributed by atoms with Gasteiger partial charge in [-0.05, 0) is 12.1 Å². The molecule has 1 aromatic carbocycles. The van der Waals surface area contributed by atoms with Crippen molar-refractivity contribution in [1.82, 2.24) is 0 Å². The highest BCUT2D eigenvalue weighted by molar-refractivity contribution is 8.05. The Bertz CT molecular complexity index is 475. The van der Waals surface area contributed by atoms with Crippen LogP contribution in [0, 0.1) is 0 Å². The van der Waals surface area contributed by atoms with Crippen molar-refractivity contribution in [3.63, 3.8) is 0 Å². The molecule has 0 aliphatic carbocycles. The van der Waals surface area contributed by atoms with Crippen LogP contribution in [0.2, 0.25) is 0 Å². The maximum atomic E-state index is 13.0. The highest BCUT2D eigenvalue weighted by atomic mass is 35.5. The minimum Gasteiger partial charge on any atom is -0.283 e. The molecule has 0 atom stereocenters. The summed E-state index contributed by atoms with van der Waals surface area (Å²) in [5, 5.41) is 0. The summed E-state index contributed by atoms with van der Waals surface area (Å²) in [4.78, 5) is 23.0. The summed E-state index contributed by atoms with van der Waals surface area (Å²) in [7, 11) is 0. The summed E-state index contributed by atoms with van der Waals surface area (Å²) >= 11 is 10.5. The molecule has 0 saturated heterocycles. The molecule has 0 aromatic heterocycles. The molecular weight excluding hydrogens is 276 g/mol. The quantitative estimate of drug-likeness (QED) is 0.475. The van der Waals surface area contributed by atoms with Crippen molar-refractivity contribution >= 4 is 52.5 Å². The Morgan fingerprint density at radius 3 is 2.50 bits per heavy atom. The number of amides is 1. The minimum absolute atomic E-state index is 0.220. The zero-order valence-corrected chi connectivity index (χ0v) is 9.94. The van der Waals surface area contributed by atoms with Crippen LogP contribution in [0.5, 0.6) is 0 Å². The number of alkyl halides is 3. The number of hydrogen-bond acceptors (Lipinski definition) is 3. The third-order valence-corrected chi connectivity index (χ3v) is 3.11. The van der Waals surface area contributed by atoms with Gasteiger partial charge in [0.1, 0.15) is 0 Å². The van der Waals surface area contributed by atoms with Gasteiger partial charge in [-0.15, -0.1) is 0 Å². The van der Waals surface area contributed by atoms with Gasteiger partial charge in [0.25, 0.3) is 5.78 Å². The predicted octanol–water partition coefficient (Wildman–Crippen LogP) is 2.92. The molecule has 0 N–H and O–H groups in total. The Hall–Kier alpha value is -0.780. The number of ketones is 1. The van der Waals surface area contributed by atoms with Crippen LogP contribution in [0.4, 0.5) is 10.1 Å². The van der Waals surface area contributed by atoms with Crippen molar-refractivity contribution in [2.45, 2.75) is 3.92 Å². The van der Waals surface area contributed by atoms with Gasteiger partial charge in [-0.25, -0.2) is 4.31 Å². The number of Topliss-reactive ketones (excluding diaryl/α,β-unsaturated/α-hetero) is 1. The molecule has 1 aliphatic heterocycles. The molecule has 0 unspecified atom stereocenters. The highest BCUT2D eigenvalue weighted by Gasteiger charge is 2.41. The monoisotopic (exact) mass is 279 g/mol. The first-order valence-electron chi connectivity index (χ1n) is 4.14. The Morgan fingerprint density at radius 2 is 1.88 bits per heavy atom. The number of benzene rings is 1. The molecule has 7 heteroatoms. The number of nitrogens with zero attached hydrogens (tertiary/aromatic N) is 1. The molecule has 0 saturated carbocycles. The Kier molecular flexibility index (Phi) is 2.86. The molecule has 0 spiro atoms. The molecule has 1 aliphatic rings. The smallest absolute Gasteiger partial charge is 0.283 e. The third-order valence-electron chi connectivity index (χ3n) is 1.94. The molecule has 3 nitrogen and oxygen atoms in total. The summed E-state index contributed by atoms with van der Waals surface area (Å²) < 4.78 is 11.2. The van der Waals surface area contributed by atoms with Gasteiger partial charge in [-0.2, -0.15) is 4.39 Å². The van der Waals surface area contributed by atoms with Crippen molar-refractivity contribution in [1.29, 1.82) is 0 Å². The number of anilines is 1. The molecule has 84 valence electrons. The fourth-order valence-corrected chi connectivity index (χ4v) is 2.40. The van der Waals surface area contributed by atoms with Crippen LogP contribution >= 0.6 is 35.1 Å². The van der Waals surface area contributed by atoms with Gasteiger partial charge in [-0.3, -0.25) is 9.59 Å². The Balaban J connectivity index is 2.42. The van der Waals surface area contributed by atoms with Gasteiger partial charge < -0.3 is 0 Å². The van der Waals surface area contributed by atoms with E-state index in [1.807, 2.05) is 0 Å². The van der Waals surface area contributed by atoms with Crippen molar-refractivity contribution in [3.05, 3.63) is 29.8 Å². The molecule has 2 rings (SSSR count). The van der Waals surface area contributed by atoms with Gasteiger partial charge in [0, 0.05) is 11.9 Å². The first-order chi connectivity index (χ1) is 7.40. The van der Waals surface area contributed by atoms with Crippen LogP contribution in [-0.2, 0) is 4.79 Å². The van der Waals surface area contributed by atoms with Crippen LogP contribution in [0.3, 0.4) is 0 Å². The lowest BCUT2D eigenvalue weighted by Crippen LogP contribution is -2.26. The van der Waals surface area contributed by atoms with Crippen molar-refractivity contribution in [2.75, 3.05) is 4.31 Å². The second kappa shape index (κ2) is 3.91. The summed E-state index contributed by atoms with van der Waals surface area (Å²) in [6.07, 6.45) is 0. The van der Waals surface area contributed by atoms with Crippen LogP contribution < -0.4 is 4.31 Å². The second-order valence-corrected chi connectivity index (χ2v) is 5.78. The molecule has 0 fully saturated rings. The fourth-order valence-electron chi connectivity index (χ4n) is 1.35. The maximum absolute atomic E-state index is 13.0. The molecule has 1 aromatic rings. The molecule has 0 bridgehead atoms. The van der Waals surface area contributed by atoms with Crippen molar-refractivity contribution < 1.29 is 14.0 Å². The van der Waals surface area contributed by atoms with Crippen LogP contribution in [-0.4, -0.2) is 15.6 Å². The lowest BCUT2D eigenvalue weighted by molar-refractivity contribution is -0.113. The lowest BCUT2D eigenvalue weighted by Gasteiger charge is -2.18. The number of carbonyl (C=O) groups is 2. The minimum atomic E-state index is -2.66. The predicted molar refractivity (Wildman–Crippen MR) is 61.4 cm³/mol. The number of hydrogen-bond donors (Lipinski definition) is 0. The zero-order valence-electron chi connectivity index (χ0n) is 7.62. The van der Waals surface area contributed by atoms with Gasteiger partial charge in [0.05, 0.1) is 11.3 Å². The van der Waals surface area contributed by atoms with Crippen molar-refractivity contribution in [2.24, 2.45) is 0 Å². The largest absolute Gasteiger partial charge is 0.324 e. The van der Waals surface area contributed by atoms with E-state index in [0.29, 0.717) is 5.69 Å². The summed E-state index contributed by atoms with van der Waals surface area (Å²) in [5.41, 5.74) is 0.517. The van der Waals surface area contributed by atoms with E-state index >= 15 is 0 Å². The Morgan fingerprint density at radius 1 is 1.25 bits per heavy atom. The third kappa shape index (κ3) is 2.03. The first kappa shape index (κ1) is 11.7. The lowest BCUT2D eigenvalue weighted by atomic mass is 10.1. The normalized spacial score (nSPS) is 15.6. The number of fused-ring (bicyclic) bond motifs is 1. The van der Waals surface area contributed by atoms with E-state index in [-0.39, 0.29) is 17.5 Å². The van der Waals surface area contributed by atoms with E-state index in [1.165, 1.54) is 12.1 Å². The van der Waals surface area contributed by atoms with Crippen LogP contribution in [0.1, 0.15) is 10.4 Å². The topological polar surface area (TPSA) is 37.4 Å². The van der Waals surface area contributed by atoms with E-state index in [4.69, 9.17) is 23.2 Å². The Labute approximate surface area is 105 Å². The van der Waals surface area contributed by atoms with E-state index in [1.54, 1.807) is 12.1 Å². The SMILES string of the molecule is O=C1C(=O)N(SC(F)(Cl)Cl)c2ccccc21. The zero-order chi connectivity index (χ0) is 11.9. The molecule has 16 heavy (non-hydrogen) atoms. The van der Waals surface area contributed by atoms with Crippen LogP contribution in [0.25, 0.3) is 0 Å². The van der Waals surface area contributed by atoms with Crippen molar-refractivity contribution in [3.8, 4) is 0 Å². The average Bonchev–Trinajstić information content (AvgIpc) is 2.43.